The number of hydrogen-bond acceptors (Lipinski definition) is 6. The van der Waals surface area contributed by atoms with E-state index in [0.717, 1.165) is 25.7 Å². The summed E-state index contributed by atoms with van der Waals surface area (Å²) in [4.78, 5) is 0. The number of unbranched alkanes of at least 4 members (excludes halogenated alkanes) is 2. The van der Waals surface area contributed by atoms with Crippen molar-refractivity contribution >= 4 is 15.2 Å². The van der Waals surface area contributed by atoms with Gasteiger partial charge in [-0.1, -0.05) is 54.4 Å². The van der Waals surface area contributed by atoms with Crippen molar-refractivity contribution in [3.05, 3.63) is 0 Å². The third-order valence-corrected chi connectivity index (χ3v) is 5.97. The Morgan fingerprint density at radius 1 is 0.692 bits per heavy atom. The fourth-order valence-corrected chi connectivity index (χ4v) is 4.59. The molecule has 0 radical (unpaired) electrons. The van der Waals surface area contributed by atoms with E-state index in [1.807, 2.05) is 41.5 Å². The largest absolute Gasteiger partial charge is 0.406 e. The first kappa shape index (κ1) is 25.9. The van der Waals surface area contributed by atoms with Gasteiger partial charge in [-0.15, -0.1) is 0 Å². The molecule has 0 saturated carbocycles. The van der Waals surface area contributed by atoms with Gasteiger partial charge in [0.2, 0.25) is 0 Å². The lowest BCUT2D eigenvalue weighted by atomic mass is 10.2. The van der Waals surface area contributed by atoms with Gasteiger partial charge in [-0.2, -0.15) is 0 Å². The lowest BCUT2D eigenvalue weighted by molar-refractivity contribution is 0.181. The zero-order chi connectivity index (χ0) is 20.1. The zero-order valence-corrected chi connectivity index (χ0v) is 18.9. The average Bonchev–Trinajstić information content (AvgIpc) is 2.57. The maximum Gasteiger partial charge on any atom is 0.406 e. The Labute approximate surface area is 159 Å². The average molecular weight is 410 g/mol. The normalized spacial score (nSPS) is 12.5. The summed E-state index contributed by atoms with van der Waals surface area (Å²) in [7, 11) is -7.36. The van der Waals surface area contributed by atoms with Crippen molar-refractivity contribution < 1.29 is 27.2 Å². The van der Waals surface area contributed by atoms with Crippen molar-refractivity contribution in [2.24, 2.45) is 11.8 Å². The summed E-state index contributed by atoms with van der Waals surface area (Å²) < 4.78 is 47.3. The van der Waals surface area contributed by atoms with E-state index in [9.17, 15) is 9.13 Å². The standard InChI is InChI=1S/C18H36O6P2/c1-7-9-11-21-25(19,22-12-10-8-2)13-14-26(20,23-15-17(3)4)24-16-18(5)6/h17-18H,7-12,15-16H2,1-6H3. The molecular formula is C18H36O6P2. The fourth-order valence-electron chi connectivity index (χ4n) is 1.48. The summed E-state index contributed by atoms with van der Waals surface area (Å²) in [5.74, 6) is 0.336. The maximum absolute atomic E-state index is 12.9. The maximum atomic E-state index is 12.9. The van der Waals surface area contributed by atoms with Crippen molar-refractivity contribution in [3.63, 3.8) is 0 Å². The highest BCUT2D eigenvalue weighted by Crippen LogP contribution is 2.52. The molecule has 6 nitrogen and oxygen atoms in total. The molecule has 8 heteroatoms. The highest BCUT2D eigenvalue weighted by Gasteiger charge is 2.27. The van der Waals surface area contributed by atoms with E-state index >= 15 is 0 Å². The Morgan fingerprint density at radius 3 is 1.35 bits per heavy atom. The second-order valence-corrected chi connectivity index (χ2v) is 10.4. The minimum Gasteiger partial charge on any atom is -0.299 e. The van der Waals surface area contributed by atoms with Crippen molar-refractivity contribution in [2.45, 2.75) is 67.2 Å². The van der Waals surface area contributed by atoms with Crippen LogP contribution in [-0.4, -0.2) is 26.4 Å². The number of rotatable bonds is 14. The van der Waals surface area contributed by atoms with Gasteiger partial charge < -0.3 is 0 Å². The van der Waals surface area contributed by atoms with Crippen LogP contribution in [-0.2, 0) is 27.2 Å². The topological polar surface area (TPSA) is 71.1 Å². The van der Waals surface area contributed by atoms with Crippen molar-refractivity contribution in [3.8, 4) is 11.3 Å². The molecule has 0 aliphatic carbocycles. The third kappa shape index (κ3) is 13.1. The Morgan fingerprint density at radius 2 is 1.04 bits per heavy atom. The Balaban J connectivity index is 5.29. The zero-order valence-electron chi connectivity index (χ0n) is 17.2. The van der Waals surface area contributed by atoms with Gasteiger partial charge in [-0.05, 0) is 24.7 Å². The van der Waals surface area contributed by atoms with E-state index in [1.165, 1.54) is 0 Å². The minimum atomic E-state index is -3.70. The molecular weight excluding hydrogens is 374 g/mol. The van der Waals surface area contributed by atoms with Crippen LogP contribution in [0.2, 0.25) is 0 Å². The summed E-state index contributed by atoms with van der Waals surface area (Å²) in [6, 6.07) is 0. The molecule has 0 aromatic rings. The van der Waals surface area contributed by atoms with E-state index in [2.05, 4.69) is 11.3 Å². The molecule has 0 saturated heterocycles. The van der Waals surface area contributed by atoms with Gasteiger partial charge in [-0.3, -0.25) is 18.1 Å². The SMILES string of the molecule is CCCCOP(=O)(C#CP(=O)(OCC(C)C)OCC(C)C)OCCCC. The van der Waals surface area contributed by atoms with E-state index < -0.39 is 15.2 Å². The molecule has 0 atom stereocenters. The molecule has 0 aromatic heterocycles. The predicted molar refractivity (Wildman–Crippen MR) is 106 cm³/mol. The molecule has 0 spiro atoms. The lowest BCUT2D eigenvalue weighted by Gasteiger charge is -2.17. The predicted octanol–water partition coefficient (Wildman–Crippen LogP) is 6.27. The van der Waals surface area contributed by atoms with Crippen LogP contribution in [0.5, 0.6) is 0 Å². The molecule has 0 amide bonds. The van der Waals surface area contributed by atoms with Crippen LogP contribution in [0.1, 0.15) is 67.2 Å². The first-order valence-corrected chi connectivity index (χ1v) is 12.6. The summed E-state index contributed by atoms with van der Waals surface area (Å²) in [5, 5.41) is 0. The molecule has 0 N–H and O–H groups in total. The smallest absolute Gasteiger partial charge is 0.299 e. The van der Waals surface area contributed by atoms with Crippen LogP contribution in [0.4, 0.5) is 0 Å². The van der Waals surface area contributed by atoms with Crippen molar-refractivity contribution in [1.82, 2.24) is 0 Å². The molecule has 0 heterocycles. The second-order valence-electron chi connectivity index (χ2n) is 6.97. The Kier molecular flexibility index (Phi) is 13.9. The van der Waals surface area contributed by atoms with Crippen molar-refractivity contribution in [1.29, 1.82) is 0 Å². The summed E-state index contributed by atoms with van der Waals surface area (Å²) in [5.41, 5.74) is 4.90. The van der Waals surface area contributed by atoms with E-state index in [4.69, 9.17) is 18.1 Å². The van der Waals surface area contributed by atoms with Crippen LogP contribution < -0.4 is 0 Å². The van der Waals surface area contributed by atoms with E-state index in [1.54, 1.807) is 0 Å². The minimum absolute atomic E-state index is 0.168. The Bertz CT molecular complexity index is 492. The lowest BCUT2D eigenvalue weighted by Crippen LogP contribution is -2.05. The van der Waals surface area contributed by atoms with Crippen molar-refractivity contribution in [2.75, 3.05) is 26.4 Å². The molecule has 0 aliphatic rings. The van der Waals surface area contributed by atoms with Gasteiger partial charge in [0.25, 0.3) is 0 Å². The van der Waals surface area contributed by atoms with E-state index in [0.29, 0.717) is 0 Å². The third-order valence-electron chi connectivity index (χ3n) is 3.00. The molecule has 0 rings (SSSR count). The molecule has 0 aliphatic heterocycles. The highest BCUT2D eigenvalue weighted by molar-refractivity contribution is 7.63. The van der Waals surface area contributed by atoms with Crippen LogP contribution in [0, 0.1) is 23.2 Å². The Hall–Kier alpha value is -0.140. The van der Waals surface area contributed by atoms with Crippen LogP contribution in [0.3, 0.4) is 0 Å². The van der Waals surface area contributed by atoms with Crippen LogP contribution in [0.15, 0.2) is 0 Å². The van der Waals surface area contributed by atoms with Gasteiger partial charge in [0.15, 0.2) is 0 Å². The molecule has 0 aromatic carbocycles. The summed E-state index contributed by atoms with van der Waals surface area (Å²) >= 11 is 0. The van der Waals surface area contributed by atoms with E-state index in [-0.39, 0.29) is 38.3 Å². The van der Waals surface area contributed by atoms with Gasteiger partial charge in [-0.25, -0.2) is 9.13 Å². The van der Waals surface area contributed by atoms with Gasteiger partial charge in [0.1, 0.15) is 0 Å². The van der Waals surface area contributed by atoms with Gasteiger partial charge >= 0.3 is 15.2 Å². The number of hydrogen-bond donors (Lipinski definition) is 0. The van der Waals surface area contributed by atoms with Gasteiger partial charge in [0.05, 0.1) is 26.4 Å². The second kappa shape index (κ2) is 13.9. The van der Waals surface area contributed by atoms with Gasteiger partial charge in [0, 0.05) is 11.3 Å². The molecule has 0 unspecified atom stereocenters. The highest BCUT2D eigenvalue weighted by atomic mass is 31.2. The summed E-state index contributed by atoms with van der Waals surface area (Å²) in [6.07, 6.45) is 3.29. The summed E-state index contributed by atoms with van der Waals surface area (Å²) in [6.45, 7) is 12.8. The first-order valence-electron chi connectivity index (χ1n) is 9.49. The van der Waals surface area contributed by atoms with Crippen LogP contribution in [0.25, 0.3) is 0 Å². The monoisotopic (exact) mass is 410 g/mol. The molecule has 154 valence electrons. The first-order chi connectivity index (χ1) is 12.2. The van der Waals surface area contributed by atoms with Crippen LogP contribution >= 0.6 is 15.2 Å². The molecule has 0 fully saturated rings. The molecule has 0 bridgehead atoms. The quantitative estimate of drug-likeness (QED) is 0.191. The fraction of sp³-hybridized carbons (Fsp3) is 0.889. The molecule has 26 heavy (non-hydrogen) atoms.